The lowest BCUT2D eigenvalue weighted by Crippen LogP contribution is -2.35. The number of hydrogen-bond donors (Lipinski definition) is 3. The molecule has 22 heavy (non-hydrogen) atoms. The average Bonchev–Trinajstić information content (AvgIpc) is 2.96. The standard InChI is InChI=1S/C15H18N2O5/c1-9(18)17-11-4-2-10(3-5-11)8-16-14(19)12-6-7-13(22-12)15(20)21/h2-5,12-13H,6-8H2,1H3,(H,16,19)(H,17,18)(H,20,21)/t12-,13+/m0/s1. The second-order valence-corrected chi connectivity index (χ2v) is 5.12. The molecule has 2 amide bonds. The van der Waals surface area contributed by atoms with Crippen LogP contribution in [0.3, 0.4) is 0 Å². The number of nitrogens with one attached hydrogen (secondary N) is 2. The van der Waals surface area contributed by atoms with Crippen LogP contribution in [0.1, 0.15) is 25.3 Å². The molecule has 0 unspecified atom stereocenters. The Bertz CT molecular complexity index is 570. The maximum absolute atomic E-state index is 11.9. The van der Waals surface area contributed by atoms with Gasteiger partial charge in [0, 0.05) is 19.2 Å². The Morgan fingerprint density at radius 2 is 1.82 bits per heavy atom. The predicted molar refractivity (Wildman–Crippen MR) is 78.1 cm³/mol. The number of amides is 2. The first-order valence-corrected chi connectivity index (χ1v) is 6.98. The van der Waals surface area contributed by atoms with Crippen molar-refractivity contribution in [1.29, 1.82) is 0 Å². The Morgan fingerprint density at radius 3 is 2.36 bits per heavy atom. The summed E-state index contributed by atoms with van der Waals surface area (Å²) in [6.45, 7) is 1.75. The fourth-order valence-electron chi connectivity index (χ4n) is 2.22. The van der Waals surface area contributed by atoms with Crippen molar-refractivity contribution >= 4 is 23.5 Å². The van der Waals surface area contributed by atoms with Gasteiger partial charge in [0.15, 0.2) is 6.10 Å². The number of aliphatic carboxylic acids is 1. The number of benzene rings is 1. The minimum Gasteiger partial charge on any atom is -0.479 e. The fraction of sp³-hybridized carbons (Fsp3) is 0.400. The van der Waals surface area contributed by atoms with E-state index in [4.69, 9.17) is 9.84 Å². The summed E-state index contributed by atoms with van der Waals surface area (Å²) in [7, 11) is 0. The Hall–Kier alpha value is -2.41. The molecule has 1 heterocycles. The van der Waals surface area contributed by atoms with Crippen molar-refractivity contribution < 1.29 is 24.2 Å². The van der Waals surface area contributed by atoms with Crippen molar-refractivity contribution in [3.05, 3.63) is 29.8 Å². The highest BCUT2D eigenvalue weighted by molar-refractivity contribution is 5.88. The van der Waals surface area contributed by atoms with Crippen LogP contribution in [0.2, 0.25) is 0 Å². The molecule has 1 aromatic carbocycles. The molecule has 1 aromatic rings. The number of hydrogen-bond acceptors (Lipinski definition) is 4. The van der Waals surface area contributed by atoms with Crippen LogP contribution in [0, 0.1) is 0 Å². The van der Waals surface area contributed by atoms with Crippen LogP contribution >= 0.6 is 0 Å². The van der Waals surface area contributed by atoms with Crippen LogP contribution in [0.15, 0.2) is 24.3 Å². The van der Waals surface area contributed by atoms with Gasteiger partial charge in [-0.3, -0.25) is 9.59 Å². The molecule has 1 fully saturated rings. The van der Waals surface area contributed by atoms with Gasteiger partial charge in [-0.05, 0) is 30.5 Å². The highest BCUT2D eigenvalue weighted by Crippen LogP contribution is 2.20. The van der Waals surface area contributed by atoms with Crippen molar-refractivity contribution in [2.24, 2.45) is 0 Å². The third kappa shape index (κ3) is 4.29. The summed E-state index contributed by atoms with van der Waals surface area (Å²) < 4.78 is 5.18. The third-order valence-electron chi connectivity index (χ3n) is 3.33. The lowest BCUT2D eigenvalue weighted by Gasteiger charge is -2.12. The molecule has 1 aliphatic rings. The molecule has 3 N–H and O–H groups in total. The first-order valence-electron chi connectivity index (χ1n) is 6.98. The molecule has 0 radical (unpaired) electrons. The Kier molecular flexibility index (Phi) is 5.11. The van der Waals surface area contributed by atoms with Crippen LogP contribution in [0.5, 0.6) is 0 Å². The first-order chi connectivity index (χ1) is 10.5. The largest absolute Gasteiger partial charge is 0.479 e. The van der Waals surface area contributed by atoms with Gasteiger partial charge < -0.3 is 20.5 Å². The van der Waals surface area contributed by atoms with E-state index < -0.39 is 18.2 Å². The minimum atomic E-state index is -1.04. The summed E-state index contributed by atoms with van der Waals surface area (Å²) in [4.78, 5) is 33.6. The van der Waals surface area contributed by atoms with Crippen molar-refractivity contribution in [3.63, 3.8) is 0 Å². The summed E-state index contributed by atoms with van der Waals surface area (Å²) in [5.74, 6) is -1.49. The van der Waals surface area contributed by atoms with Gasteiger partial charge in [-0.1, -0.05) is 12.1 Å². The number of anilines is 1. The van der Waals surface area contributed by atoms with E-state index in [9.17, 15) is 14.4 Å². The molecular weight excluding hydrogens is 288 g/mol. The van der Waals surface area contributed by atoms with Gasteiger partial charge in [0.25, 0.3) is 0 Å². The van der Waals surface area contributed by atoms with Crippen LogP contribution in [-0.4, -0.2) is 35.1 Å². The summed E-state index contributed by atoms with van der Waals surface area (Å²) in [6, 6.07) is 7.08. The zero-order valence-corrected chi connectivity index (χ0v) is 12.2. The van der Waals surface area contributed by atoms with Crippen molar-refractivity contribution in [2.75, 3.05) is 5.32 Å². The zero-order valence-electron chi connectivity index (χ0n) is 12.2. The Balaban J connectivity index is 1.81. The lowest BCUT2D eigenvalue weighted by atomic mass is 10.1. The van der Waals surface area contributed by atoms with Gasteiger partial charge in [-0.15, -0.1) is 0 Å². The van der Waals surface area contributed by atoms with E-state index in [1.807, 2.05) is 0 Å². The van der Waals surface area contributed by atoms with E-state index >= 15 is 0 Å². The zero-order chi connectivity index (χ0) is 16.1. The molecule has 0 saturated carbocycles. The summed E-state index contributed by atoms with van der Waals surface area (Å²) in [5, 5.41) is 14.2. The highest BCUT2D eigenvalue weighted by Gasteiger charge is 2.34. The number of carbonyl (C=O) groups is 3. The number of ether oxygens (including phenoxy) is 1. The molecular formula is C15H18N2O5. The first kappa shape index (κ1) is 16.0. The topological polar surface area (TPSA) is 105 Å². The van der Waals surface area contributed by atoms with E-state index in [0.717, 1.165) is 5.56 Å². The second kappa shape index (κ2) is 7.04. The van der Waals surface area contributed by atoms with E-state index in [1.54, 1.807) is 24.3 Å². The third-order valence-corrected chi connectivity index (χ3v) is 3.33. The number of carbonyl (C=O) groups excluding carboxylic acids is 2. The maximum atomic E-state index is 11.9. The highest BCUT2D eigenvalue weighted by atomic mass is 16.5. The summed E-state index contributed by atoms with van der Waals surface area (Å²) in [5.41, 5.74) is 1.56. The van der Waals surface area contributed by atoms with Crippen LogP contribution in [0.25, 0.3) is 0 Å². The summed E-state index contributed by atoms with van der Waals surface area (Å²) >= 11 is 0. The van der Waals surface area contributed by atoms with Crippen molar-refractivity contribution in [2.45, 2.75) is 38.5 Å². The molecule has 2 atom stereocenters. The van der Waals surface area contributed by atoms with Crippen LogP contribution in [-0.2, 0) is 25.7 Å². The van der Waals surface area contributed by atoms with Gasteiger partial charge in [-0.25, -0.2) is 4.79 Å². The Labute approximate surface area is 127 Å². The Morgan fingerprint density at radius 1 is 1.18 bits per heavy atom. The lowest BCUT2D eigenvalue weighted by molar-refractivity contribution is -0.151. The number of carboxylic acids is 1. The molecule has 1 saturated heterocycles. The van der Waals surface area contributed by atoms with Gasteiger partial charge in [0.2, 0.25) is 11.8 Å². The van der Waals surface area contributed by atoms with E-state index in [0.29, 0.717) is 25.1 Å². The van der Waals surface area contributed by atoms with Gasteiger partial charge in [0.1, 0.15) is 6.10 Å². The fourth-order valence-corrected chi connectivity index (χ4v) is 2.22. The molecule has 2 rings (SSSR count). The van der Waals surface area contributed by atoms with Gasteiger partial charge >= 0.3 is 5.97 Å². The number of rotatable bonds is 5. The van der Waals surface area contributed by atoms with Crippen molar-refractivity contribution in [3.8, 4) is 0 Å². The molecule has 0 aromatic heterocycles. The van der Waals surface area contributed by atoms with E-state index in [1.165, 1.54) is 6.92 Å². The summed E-state index contributed by atoms with van der Waals surface area (Å²) in [6.07, 6.45) is -0.851. The minimum absolute atomic E-state index is 0.146. The number of carboxylic acid groups (broad SMARTS) is 1. The van der Waals surface area contributed by atoms with E-state index in [-0.39, 0.29) is 11.8 Å². The van der Waals surface area contributed by atoms with Crippen molar-refractivity contribution in [1.82, 2.24) is 5.32 Å². The SMILES string of the molecule is CC(=O)Nc1ccc(CNC(=O)[C@@H]2CC[C@H](C(=O)O)O2)cc1. The van der Waals surface area contributed by atoms with Crippen LogP contribution in [0.4, 0.5) is 5.69 Å². The normalized spacial score (nSPS) is 20.4. The second-order valence-electron chi connectivity index (χ2n) is 5.12. The van der Waals surface area contributed by atoms with Crippen LogP contribution < -0.4 is 10.6 Å². The van der Waals surface area contributed by atoms with Gasteiger partial charge in [0.05, 0.1) is 0 Å². The molecule has 118 valence electrons. The predicted octanol–water partition coefficient (Wildman–Crippen LogP) is 0.893. The van der Waals surface area contributed by atoms with Gasteiger partial charge in [-0.2, -0.15) is 0 Å². The molecule has 7 heteroatoms. The molecule has 0 aliphatic carbocycles. The molecule has 0 spiro atoms. The smallest absolute Gasteiger partial charge is 0.332 e. The van der Waals surface area contributed by atoms with E-state index in [2.05, 4.69) is 10.6 Å². The molecule has 7 nitrogen and oxygen atoms in total. The molecule has 1 aliphatic heterocycles. The molecule has 0 bridgehead atoms. The average molecular weight is 306 g/mol. The maximum Gasteiger partial charge on any atom is 0.332 e. The quantitative estimate of drug-likeness (QED) is 0.749. The monoisotopic (exact) mass is 306 g/mol.